The van der Waals surface area contributed by atoms with E-state index in [1.54, 1.807) is 6.20 Å². The Kier molecular flexibility index (Phi) is 4.76. The van der Waals surface area contributed by atoms with Crippen molar-refractivity contribution in [1.29, 1.82) is 0 Å². The quantitative estimate of drug-likeness (QED) is 0.610. The van der Waals surface area contributed by atoms with Crippen LogP contribution in [-0.4, -0.2) is 39.4 Å². The van der Waals surface area contributed by atoms with E-state index in [0.29, 0.717) is 40.9 Å². The molecular formula is C20H29N3O2S. The van der Waals surface area contributed by atoms with E-state index < -0.39 is 5.60 Å². The summed E-state index contributed by atoms with van der Waals surface area (Å²) < 4.78 is 0. The zero-order chi connectivity index (χ0) is 18.5. The Bertz CT molecular complexity index is 692. The van der Waals surface area contributed by atoms with E-state index in [0.717, 1.165) is 25.0 Å². The summed E-state index contributed by atoms with van der Waals surface area (Å²) in [7, 11) is 0. The van der Waals surface area contributed by atoms with Gasteiger partial charge in [0.1, 0.15) is 0 Å². The fraction of sp³-hybridized carbons (Fsp3) is 0.750. The van der Waals surface area contributed by atoms with Gasteiger partial charge >= 0.3 is 0 Å². The van der Waals surface area contributed by atoms with Crippen LogP contribution in [0, 0.1) is 23.7 Å². The maximum Gasteiger partial charge on any atom is 0.254 e. The number of aliphatic hydroxyl groups is 1. The van der Waals surface area contributed by atoms with Gasteiger partial charge in [0.05, 0.1) is 16.9 Å². The molecule has 2 atom stereocenters. The Morgan fingerprint density at radius 3 is 2.62 bits per heavy atom. The van der Waals surface area contributed by atoms with Crippen LogP contribution in [0.5, 0.6) is 0 Å². The van der Waals surface area contributed by atoms with Crippen LogP contribution in [0.15, 0.2) is 11.4 Å². The van der Waals surface area contributed by atoms with Gasteiger partial charge in [0.15, 0.2) is 5.16 Å². The first-order chi connectivity index (χ1) is 12.4. The zero-order valence-corrected chi connectivity index (χ0v) is 16.7. The monoisotopic (exact) mass is 375 g/mol. The molecule has 0 radical (unpaired) electrons. The Hall–Kier alpha value is -1.14. The summed E-state index contributed by atoms with van der Waals surface area (Å²) in [5.41, 5.74) is 1.00. The second kappa shape index (κ2) is 6.79. The highest BCUT2D eigenvalue weighted by Gasteiger charge is 2.54. The molecule has 0 aliphatic heterocycles. The van der Waals surface area contributed by atoms with Crippen LogP contribution in [0.3, 0.4) is 0 Å². The Labute approximate surface area is 159 Å². The molecule has 2 N–H and O–H groups in total. The van der Waals surface area contributed by atoms with Crippen molar-refractivity contribution in [2.75, 3.05) is 12.8 Å². The smallest absolute Gasteiger partial charge is 0.254 e. The highest BCUT2D eigenvalue weighted by atomic mass is 32.2. The molecule has 1 aromatic heterocycles. The zero-order valence-electron chi connectivity index (χ0n) is 15.9. The van der Waals surface area contributed by atoms with Gasteiger partial charge in [-0.15, -0.1) is 0 Å². The van der Waals surface area contributed by atoms with Crippen LogP contribution in [0.2, 0.25) is 0 Å². The number of thioether (sulfide) groups is 1. The van der Waals surface area contributed by atoms with Gasteiger partial charge in [0.2, 0.25) is 0 Å². The lowest BCUT2D eigenvalue weighted by atomic mass is 9.50. The molecule has 4 bridgehead atoms. The average molecular weight is 376 g/mol. The first-order valence-corrected chi connectivity index (χ1v) is 11.0. The summed E-state index contributed by atoms with van der Waals surface area (Å²) >= 11 is 1.49. The minimum absolute atomic E-state index is 0.0612. The molecule has 0 aromatic carbocycles. The molecule has 4 fully saturated rings. The number of nitrogens with zero attached hydrogens (tertiary/aromatic N) is 2. The number of carbonyl (C=O) groups is 1. The van der Waals surface area contributed by atoms with Gasteiger partial charge in [-0.1, -0.05) is 25.6 Å². The molecule has 0 spiro atoms. The third-order valence-corrected chi connectivity index (χ3v) is 7.27. The van der Waals surface area contributed by atoms with Gasteiger partial charge in [-0.05, 0) is 67.9 Å². The number of hydrogen-bond donors (Lipinski definition) is 2. The SMILES string of the molecule is CSc1ncc(C(=O)NCC2C3CC4CC2CC(O)(C4)C3)c(C(C)C)n1. The van der Waals surface area contributed by atoms with E-state index in [2.05, 4.69) is 29.1 Å². The van der Waals surface area contributed by atoms with E-state index in [1.165, 1.54) is 24.6 Å². The number of amides is 1. The molecule has 1 aromatic rings. The summed E-state index contributed by atoms with van der Waals surface area (Å²) in [6.45, 7) is 4.82. The fourth-order valence-corrected chi connectivity index (χ4v) is 6.16. The van der Waals surface area contributed by atoms with Gasteiger partial charge in [-0.2, -0.15) is 0 Å². The van der Waals surface area contributed by atoms with E-state index in [4.69, 9.17) is 0 Å². The maximum absolute atomic E-state index is 12.8. The summed E-state index contributed by atoms with van der Waals surface area (Å²) in [6.07, 6.45) is 8.90. The van der Waals surface area contributed by atoms with Crippen LogP contribution in [0.4, 0.5) is 0 Å². The van der Waals surface area contributed by atoms with E-state index in [-0.39, 0.29) is 11.8 Å². The van der Waals surface area contributed by atoms with Crippen LogP contribution >= 0.6 is 11.8 Å². The number of aromatic nitrogens is 2. The molecule has 1 amide bonds. The normalized spacial score (nSPS) is 35.1. The van der Waals surface area contributed by atoms with Gasteiger partial charge < -0.3 is 10.4 Å². The molecule has 26 heavy (non-hydrogen) atoms. The summed E-state index contributed by atoms with van der Waals surface area (Å²) in [5, 5.41) is 14.6. The highest BCUT2D eigenvalue weighted by molar-refractivity contribution is 7.98. The number of hydrogen-bond acceptors (Lipinski definition) is 5. The van der Waals surface area contributed by atoms with Crippen molar-refractivity contribution in [3.8, 4) is 0 Å². The Morgan fingerprint density at radius 1 is 1.35 bits per heavy atom. The Morgan fingerprint density at radius 2 is 2.04 bits per heavy atom. The first-order valence-electron chi connectivity index (χ1n) is 9.80. The maximum atomic E-state index is 12.8. The standard InChI is InChI=1S/C20H29N3O2S/c1-11(2)17-16(10-22-19(23-17)26-3)18(24)21-9-15-13-4-12-5-14(15)8-20(25,6-12)7-13/h10-15,25H,4-9H2,1-3H3,(H,21,24). The van der Waals surface area contributed by atoms with Gasteiger partial charge in [-0.3, -0.25) is 4.79 Å². The van der Waals surface area contributed by atoms with Crippen molar-refractivity contribution < 1.29 is 9.90 Å². The fourth-order valence-electron chi connectivity index (χ4n) is 5.82. The topological polar surface area (TPSA) is 75.1 Å². The lowest BCUT2D eigenvalue weighted by Crippen LogP contribution is -2.56. The van der Waals surface area contributed by atoms with Crippen molar-refractivity contribution >= 4 is 17.7 Å². The minimum Gasteiger partial charge on any atom is -0.390 e. The van der Waals surface area contributed by atoms with Gasteiger partial charge in [-0.25, -0.2) is 9.97 Å². The summed E-state index contributed by atoms with van der Waals surface area (Å²) in [5.74, 6) is 2.44. The van der Waals surface area contributed by atoms with Crippen molar-refractivity contribution in [2.45, 2.75) is 62.6 Å². The molecule has 142 valence electrons. The van der Waals surface area contributed by atoms with E-state index in [9.17, 15) is 9.90 Å². The Balaban J connectivity index is 1.45. The lowest BCUT2D eigenvalue weighted by molar-refractivity contribution is -0.150. The number of rotatable bonds is 5. The summed E-state index contributed by atoms with van der Waals surface area (Å²) in [6, 6.07) is 0. The van der Waals surface area contributed by atoms with Crippen LogP contribution in [-0.2, 0) is 0 Å². The third-order valence-electron chi connectivity index (χ3n) is 6.70. The first kappa shape index (κ1) is 18.2. The molecule has 5 nitrogen and oxygen atoms in total. The highest BCUT2D eigenvalue weighted by Crippen LogP contribution is 2.58. The molecular weight excluding hydrogens is 346 g/mol. The van der Waals surface area contributed by atoms with E-state index >= 15 is 0 Å². The molecule has 6 heteroatoms. The molecule has 4 aliphatic rings. The van der Waals surface area contributed by atoms with E-state index in [1.807, 2.05) is 6.26 Å². The number of carbonyl (C=O) groups excluding carboxylic acids is 1. The average Bonchev–Trinajstić information content (AvgIpc) is 2.58. The van der Waals surface area contributed by atoms with Crippen LogP contribution in [0.1, 0.15) is 67.9 Å². The van der Waals surface area contributed by atoms with Gasteiger partial charge in [0, 0.05) is 12.7 Å². The molecule has 4 aliphatic carbocycles. The molecule has 4 saturated carbocycles. The molecule has 5 rings (SSSR count). The van der Waals surface area contributed by atoms with Crippen LogP contribution in [0.25, 0.3) is 0 Å². The second-order valence-corrected chi connectivity index (χ2v) is 9.65. The molecule has 2 unspecified atom stereocenters. The van der Waals surface area contributed by atoms with Crippen molar-refractivity contribution in [3.63, 3.8) is 0 Å². The largest absolute Gasteiger partial charge is 0.390 e. The second-order valence-electron chi connectivity index (χ2n) is 8.88. The third kappa shape index (κ3) is 3.26. The summed E-state index contributed by atoms with van der Waals surface area (Å²) in [4.78, 5) is 21.7. The molecule has 0 saturated heterocycles. The number of nitrogens with one attached hydrogen (secondary N) is 1. The predicted molar refractivity (Wildman–Crippen MR) is 102 cm³/mol. The predicted octanol–water partition coefficient (Wildman–Crippen LogP) is 3.24. The minimum atomic E-state index is -0.413. The van der Waals surface area contributed by atoms with Crippen molar-refractivity contribution in [3.05, 3.63) is 17.5 Å². The van der Waals surface area contributed by atoms with Crippen molar-refractivity contribution in [1.82, 2.24) is 15.3 Å². The molecule has 1 heterocycles. The van der Waals surface area contributed by atoms with Crippen molar-refractivity contribution in [2.24, 2.45) is 23.7 Å². The lowest BCUT2D eigenvalue weighted by Gasteiger charge is -2.58. The van der Waals surface area contributed by atoms with Crippen LogP contribution < -0.4 is 5.32 Å². The van der Waals surface area contributed by atoms with Gasteiger partial charge in [0.25, 0.3) is 5.91 Å².